The van der Waals surface area contributed by atoms with Gasteiger partial charge < -0.3 is 9.32 Å². The van der Waals surface area contributed by atoms with Gasteiger partial charge in [-0.2, -0.15) is 0 Å². The van der Waals surface area contributed by atoms with Crippen LogP contribution >= 0.6 is 15.9 Å². The van der Waals surface area contributed by atoms with Crippen LogP contribution < -0.4 is 0 Å². The zero-order valence-corrected chi connectivity index (χ0v) is 13.4. The van der Waals surface area contributed by atoms with Gasteiger partial charge in [-0.15, -0.1) is 0 Å². The Morgan fingerprint density at radius 1 is 1.19 bits per heavy atom. The third-order valence-corrected chi connectivity index (χ3v) is 4.73. The number of carbonyl (C=O) groups excluding carboxylic acids is 1. The van der Waals surface area contributed by atoms with Crippen LogP contribution in [0.3, 0.4) is 0 Å². The molecule has 3 nitrogen and oxygen atoms in total. The minimum Gasteiger partial charge on any atom is -0.467 e. The number of nitrogens with zero attached hydrogens (tertiary/aromatic N) is 1. The lowest BCUT2D eigenvalue weighted by Crippen LogP contribution is -2.38. The van der Waals surface area contributed by atoms with Crippen LogP contribution in [0.1, 0.15) is 41.8 Å². The number of hydrogen-bond donors (Lipinski definition) is 0. The summed E-state index contributed by atoms with van der Waals surface area (Å²) < 4.78 is 6.28. The average molecular weight is 348 g/mol. The summed E-state index contributed by atoms with van der Waals surface area (Å²) in [6.07, 6.45) is 6.21. The molecular formula is C17H18BrNO2. The molecule has 1 aromatic carbocycles. The Morgan fingerprint density at radius 3 is 2.62 bits per heavy atom. The third-order valence-electron chi connectivity index (χ3n) is 4.04. The van der Waals surface area contributed by atoms with E-state index in [-0.39, 0.29) is 5.91 Å². The molecule has 0 saturated heterocycles. The Hall–Kier alpha value is -1.55. The molecule has 1 aromatic heterocycles. The second-order valence-electron chi connectivity index (χ2n) is 5.43. The Morgan fingerprint density at radius 2 is 1.95 bits per heavy atom. The largest absolute Gasteiger partial charge is 0.467 e. The first-order valence-electron chi connectivity index (χ1n) is 7.33. The number of halogens is 1. The monoisotopic (exact) mass is 347 g/mol. The Labute approximate surface area is 133 Å². The van der Waals surface area contributed by atoms with E-state index in [0.717, 1.165) is 28.6 Å². The van der Waals surface area contributed by atoms with E-state index in [9.17, 15) is 4.79 Å². The van der Waals surface area contributed by atoms with E-state index in [4.69, 9.17) is 4.42 Å². The van der Waals surface area contributed by atoms with E-state index < -0.39 is 0 Å². The van der Waals surface area contributed by atoms with Crippen molar-refractivity contribution >= 4 is 21.8 Å². The molecule has 1 heterocycles. The van der Waals surface area contributed by atoms with Crippen molar-refractivity contribution in [3.63, 3.8) is 0 Å². The molecule has 2 aromatic rings. The first kappa shape index (κ1) is 14.4. The zero-order valence-electron chi connectivity index (χ0n) is 11.8. The summed E-state index contributed by atoms with van der Waals surface area (Å²) in [5, 5.41) is 0. The van der Waals surface area contributed by atoms with Crippen molar-refractivity contribution < 1.29 is 9.21 Å². The highest BCUT2D eigenvalue weighted by Gasteiger charge is 2.28. The summed E-state index contributed by atoms with van der Waals surface area (Å²) in [4.78, 5) is 14.9. The molecule has 1 saturated carbocycles. The molecular weight excluding hydrogens is 330 g/mol. The van der Waals surface area contributed by atoms with E-state index in [1.165, 1.54) is 12.8 Å². The number of rotatable bonds is 4. The lowest BCUT2D eigenvalue weighted by atomic mass is 10.1. The van der Waals surface area contributed by atoms with Crippen LogP contribution in [-0.2, 0) is 6.54 Å². The smallest absolute Gasteiger partial charge is 0.255 e. The van der Waals surface area contributed by atoms with Gasteiger partial charge in [-0.25, -0.2) is 0 Å². The van der Waals surface area contributed by atoms with Gasteiger partial charge in [0.1, 0.15) is 5.76 Å². The van der Waals surface area contributed by atoms with Gasteiger partial charge in [0.2, 0.25) is 0 Å². The number of carbonyl (C=O) groups is 1. The van der Waals surface area contributed by atoms with E-state index in [1.54, 1.807) is 6.26 Å². The Kier molecular flexibility index (Phi) is 4.44. The highest BCUT2D eigenvalue weighted by Crippen LogP contribution is 2.28. The molecule has 0 radical (unpaired) electrons. The van der Waals surface area contributed by atoms with Crippen molar-refractivity contribution in [2.24, 2.45) is 0 Å². The van der Waals surface area contributed by atoms with Gasteiger partial charge in [-0.3, -0.25) is 4.79 Å². The summed E-state index contributed by atoms with van der Waals surface area (Å²) in [7, 11) is 0. The number of benzene rings is 1. The standard InChI is InChI=1S/C17H18BrNO2/c18-16-10-4-3-9-15(16)17(20)19(13-6-1-2-7-13)12-14-8-5-11-21-14/h3-5,8-11,13H,1-2,6-7,12H2. The van der Waals surface area contributed by atoms with Crippen LogP contribution in [0.2, 0.25) is 0 Å². The maximum Gasteiger partial charge on any atom is 0.255 e. The van der Waals surface area contributed by atoms with Gasteiger partial charge in [0.25, 0.3) is 5.91 Å². The molecule has 3 rings (SSSR count). The molecule has 0 bridgehead atoms. The van der Waals surface area contributed by atoms with E-state index in [2.05, 4.69) is 15.9 Å². The minimum atomic E-state index is 0.0748. The molecule has 0 unspecified atom stereocenters. The van der Waals surface area contributed by atoms with Gasteiger partial charge >= 0.3 is 0 Å². The van der Waals surface area contributed by atoms with Crippen molar-refractivity contribution in [3.8, 4) is 0 Å². The maximum absolute atomic E-state index is 12.9. The fourth-order valence-electron chi connectivity index (χ4n) is 2.94. The molecule has 1 aliphatic rings. The van der Waals surface area contributed by atoms with Gasteiger partial charge in [0.15, 0.2) is 0 Å². The predicted molar refractivity (Wildman–Crippen MR) is 85.0 cm³/mol. The Bertz CT molecular complexity index is 603. The van der Waals surface area contributed by atoms with Gasteiger partial charge in [0, 0.05) is 10.5 Å². The predicted octanol–water partition coefficient (Wildman–Crippen LogP) is 4.63. The highest BCUT2D eigenvalue weighted by atomic mass is 79.9. The number of amides is 1. The Balaban J connectivity index is 1.87. The quantitative estimate of drug-likeness (QED) is 0.807. The lowest BCUT2D eigenvalue weighted by molar-refractivity contribution is 0.0648. The van der Waals surface area contributed by atoms with E-state index >= 15 is 0 Å². The van der Waals surface area contributed by atoms with Crippen molar-refractivity contribution in [3.05, 3.63) is 58.5 Å². The fraction of sp³-hybridized carbons (Fsp3) is 0.353. The zero-order chi connectivity index (χ0) is 14.7. The lowest BCUT2D eigenvalue weighted by Gasteiger charge is -2.28. The summed E-state index contributed by atoms with van der Waals surface area (Å²) in [5.74, 6) is 0.910. The average Bonchev–Trinajstić information content (AvgIpc) is 3.18. The van der Waals surface area contributed by atoms with Crippen molar-refractivity contribution in [1.82, 2.24) is 4.90 Å². The van der Waals surface area contributed by atoms with Crippen LogP contribution in [0.25, 0.3) is 0 Å². The molecule has 4 heteroatoms. The summed E-state index contributed by atoms with van der Waals surface area (Å²) in [6.45, 7) is 0.540. The van der Waals surface area contributed by atoms with Crippen LogP contribution in [0.4, 0.5) is 0 Å². The van der Waals surface area contributed by atoms with Crippen molar-refractivity contribution in [2.75, 3.05) is 0 Å². The topological polar surface area (TPSA) is 33.5 Å². The SMILES string of the molecule is O=C(c1ccccc1Br)N(Cc1ccco1)C1CCCC1. The van der Waals surface area contributed by atoms with Crippen LogP contribution in [-0.4, -0.2) is 16.8 Å². The summed E-state index contributed by atoms with van der Waals surface area (Å²) in [5.41, 5.74) is 0.718. The van der Waals surface area contributed by atoms with Crippen molar-refractivity contribution in [1.29, 1.82) is 0 Å². The van der Waals surface area contributed by atoms with Gasteiger partial charge in [-0.05, 0) is 53.0 Å². The first-order chi connectivity index (χ1) is 10.3. The molecule has 0 aliphatic heterocycles. The second kappa shape index (κ2) is 6.48. The van der Waals surface area contributed by atoms with E-state index in [1.807, 2.05) is 41.3 Å². The van der Waals surface area contributed by atoms with Crippen LogP contribution in [0, 0.1) is 0 Å². The van der Waals surface area contributed by atoms with Gasteiger partial charge in [0.05, 0.1) is 18.4 Å². The number of hydrogen-bond acceptors (Lipinski definition) is 2. The van der Waals surface area contributed by atoms with Crippen molar-refractivity contribution in [2.45, 2.75) is 38.3 Å². The third kappa shape index (κ3) is 3.21. The molecule has 21 heavy (non-hydrogen) atoms. The highest BCUT2D eigenvalue weighted by molar-refractivity contribution is 9.10. The molecule has 0 spiro atoms. The fourth-order valence-corrected chi connectivity index (χ4v) is 3.40. The molecule has 110 valence electrons. The molecule has 1 aliphatic carbocycles. The first-order valence-corrected chi connectivity index (χ1v) is 8.13. The van der Waals surface area contributed by atoms with E-state index in [0.29, 0.717) is 12.6 Å². The van der Waals surface area contributed by atoms with Crippen LogP contribution in [0.5, 0.6) is 0 Å². The number of furan rings is 1. The maximum atomic E-state index is 12.9. The summed E-state index contributed by atoms with van der Waals surface area (Å²) in [6, 6.07) is 11.7. The molecule has 0 atom stereocenters. The normalized spacial score (nSPS) is 15.3. The second-order valence-corrected chi connectivity index (χ2v) is 6.28. The molecule has 0 N–H and O–H groups in total. The minimum absolute atomic E-state index is 0.0748. The molecule has 1 fully saturated rings. The van der Waals surface area contributed by atoms with Gasteiger partial charge in [-0.1, -0.05) is 25.0 Å². The van der Waals surface area contributed by atoms with Crippen LogP contribution in [0.15, 0.2) is 51.6 Å². The summed E-state index contributed by atoms with van der Waals surface area (Å²) >= 11 is 3.48. The molecule has 1 amide bonds.